The van der Waals surface area contributed by atoms with E-state index in [2.05, 4.69) is 44.4 Å². The lowest BCUT2D eigenvalue weighted by atomic mass is 9.46. The zero-order valence-electron chi connectivity index (χ0n) is 25.9. The maximum Gasteiger partial charge on any atom is 0.232 e. The summed E-state index contributed by atoms with van der Waals surface area (Å²) >= 11 is 0. The van der Waals surface area contributed by atoms with Crippen molar-refractivity contribution in [2.45, 2.75) is 110 Å². The van der Waals surface area contributed by atoms with E-state index in [1.54, 1.807) is 5.57 Å². The number of fused-ring (bicyclic) bond motifs is 7. The maximum absolute atomic E-state index is 12.8. The molecule has 7 heteroatoms. The maximum atomic E-state index is 12.8. The van der Waals surface area contributed by atoms with Gasteiger partial charge in [-0.3, -0.25) is 9.59 Å². The number of nitrogens with one attached hydrogen (secondary N) is 2. The standard InChI is InChI=1S/C34H53N3O4/c1-21-7-12-34(40-20-21)22(2)31-28(41-34)18-27-25-6-5-23-17-24(8-10-32(23,3)26(25)9-11-33(27,31)4)36-29(38)19-30(39)37-15-13-35-14-16-37/h5,21-22,24-28,31,35H,6-20H2,1-4H3,(H,36,38)/t21-,22+,24-,25-,26+,27+,28+,31+,32+,33+,34-/m1/s1. The summed E-state index contributed by atoms with van der Waals surface area (Å²) in [6.45, 7) is 13.7. The second-order valence-corrected chi connectivity index (χ2v) is 15.6. The number of piperazine rings is 1. The second kappa shape index (κ2) is 10.3. The van der Waals surface area contributed by atoms with Crippen LogP contribution in [0.1, 0.15) is 91.9 Å². The third-order valence-corrected chi connectivity index (χ3v) is 13.5. The Bertz CT molecular complexity index is 1080. The summed E-state index contributed by atoms with van der Waals surface area (Å²) in [5.74, 6) is 3.41. The van der Waals surface area contributed by atoms with Crippen LogP contribution in [-0.2, 0) is 19.1 Å². The van der Waals surface area contributed by atoms with Crippen molar-refractivity contribution < 1.29 is 19.1 Å². The van der Waals surface area contributed by atoms with Gasteiger partial charge in [-0.15, -0.1) is 0 Å². The van der Waals surface area contributed by atoms with Crippen molar-refractivity contribution >= 4 is 11.8 Å². The van der Waals surface area contributed by atoms with Crippen LogP contribution >= 0.6 is 0 Å². The molecule has 3 saturated heterocycles. The van der Waals surface area contributed by atoms with E-state index >= 15 is 0 Å². The minimum atomic E-state index is -0.337. The van der Waals surface area contributed by atoms with Crippen LogP contribution in [0.4, 0.5) is 0 Å². The highest BCUT2D eigenvalue weighted by Crippen LogP contribution is 2.70. The molecule has 1 spiro atoms. The van der Waals surface area contributed by atoms with Crippen molar-refractivity contribution in [2.24, 2.45) is 46.3 Å². The number of nitrogens with zero attached hydrogens (tertiary/aromatic N) is 1. The number of amides is 2. The van der Waals surface area contributed by atoms with Crippen molar-refractivity contribution in [1.29, 1.82) is 0 Å². The molecular weight excluding hydrogens is 514 g/mol. The van der Waals surface area contributed by atoms with Gasteiger partial charge in [0.05, 0.1) is 12.7 Å². The van der Waals surface area contributed by atoms with Crippen LogP contribution < -0.4 is 10.6 Å². The summed E-state index contributed by atoms with van der Waals surface area (Å²) in [6.07, 6.45) is 13.2. The summed E-state index contributed by atoms with van der Waals surface area (Å²) in [6, 6.07) is 0.151. The fourth-order valence-electron chi connectivity index (χ4n) is 11.2. The van der Waals surface area contributed by atoms with Gasteiger partial charge in [-0.05, 0) is 91.8 Å². The Kier molecular flexibility index (Phi) is 7.14. The molecule has 3 saturated carbocycles. The minimum Gasteiger partial charge on any atom is -0.353 e. The molecule has 41 heavy (non-hydrogen) atoms. The Balaban J connectivity index is 1.01. The highest BCUT2D eigenvalue weighted by atomic mass is 16.7. The lowest BCUT2D eigenvalue weighted by Gasteiger charge is -2.58. The third-order valence-electron chi connectivity index (χ3n) is 13.5. The molecule has 4 aliphatic carbocycles. The van der Waals surface area contributed by atoms with Crippen LogP contribution in [0.3, 0.4) is 0 Å². The molecule has 3 heterocycles. The molecule has 2 amide bonds. The molecular formula is C34H53N3O4. The summed E-state index contributed by atoms with van der Waals surface area (Å²) in [5, 5.41) is 6.51. The normalized spacial score (nSPS) is 49.0. The quantitative estimate of drug-likeness (QED) is 0.383. The molecule has 3 aliphatic heterocycles. The predicted octanol–water partition coefficient (Wildman–Crippen LogP) is 4.66. The van der Waals surface area contributed by atoms with Gasteiger partial charge >= 0.3 is 0 Å². The first kappa shape index (κ1) is 28.3. The van der Waals surface area contributed by atoms with Gasteiger partial charge in [-0.1, -0.05) is 39.3 Å². The highest BCUT2D eigenvalue weighted by Gasteiger charge is 2.68. The number of hydrogen-bond donors (Lipinski definition) is 2. The molecule has 0 aromatic rings. The summed E-state index contributed by atoms with van der Waals surface area (Å²) in [5.41, 5.74) is 2.14. The van der Waals surface area contributed by atoms with Crippen molar-refractivity contribution in [3.8, 4) is 0 Å². The van der Waals surface area contributed by atoms with E-state index < -0.39 is 0 Å². The zero-order chi connectivity index (χ0) is 28.6. The van der Waals surface area contributed by atoms with E-state index in [4.69, 9.17) is 9.47 Å². The lowest BCUT2D eigenvalue weighted by molar-refractivity contribution is -0.272. The van der Waals surface area contributed by atoms with Gasteiger partial charge in [-0.2, -0.15) is 0 Å². The van der Waals surface area contributed by atoms with E-state index in [0.29, 0.717) is 42.4 Å². The van der Waals surface area contributed by atoms with Crippen molar-refractivity contribution in [3.05, 3.63) is 11.6 Å². The zero-order valence-corrected chi connectivity index (χ0v) is 25.9. The minimum absolute atomic E-state index is 0.0219. The average Bonchev–Trinajstić information content (AvgIpc) is 3.40. The number of rotatable bonds is 3. The molecule has 2 N–H and O–H groups in total. The molecule has 0 bridgehead atoms. The van der Waals surface area contributed by atoms with Crippen LogP contribution in [0.5, 0.6) is 0 Å². The topological polar surface area (TPSA) is 79.9 Å². The molecule has 0 aromatic heterocycles. The third kappa shape index (κ3) is 4.54. The van der Waals surface area contributed by atoms with Gasteiger partial charge in [0.25, 0.3) is 0 Å². The summed E-state index contributed by atoms with van der Waals surface area (Å²) in [4.78, 5) is 27.3. The molecule has 0 unspecified atom stereocenters. The Labute approximate surface area is 246 Å². The van der Waals surface area contributed by atoms with E-state index in [9.17, 15) is 9.59 Å². The van der Waals surface area contributed by atoms with Crippen molar-refractivity contribution in [1.82, 2.24) is 15.5 Å². The first-order valence-corrected chi connectivity index (χ1v) is 16.9. The average molecular weight is 568 g/mol. The van der Waals surface area contributed by atoms with Gasteiger partial charge < -0.3 is 25.0 Å². The molecule has 0 aromatic carbocycles. The fraction of sp³-hybridized carbons (Fsp3) is 0.882. The largest absolute Gasteiger partial charge is 0.353 e. The smallest absolute Gasteiger partial charge is 0.232 e. The first-order chi connectivity index (χ1) is 19.6. The molecule has 6 fully saturated rings. The van der Waals surface area contributed by atoms with Gasteiger partial charge in [0, 0.05) is 44.6 Å². The van der Waals surface area contributed by atoms with E-state index in [1.807, 2.05) is 4.90 Å². The van der Waals surface area contributed by atoms with Crippen LogP contribution in [0.2, 0.25) is 0 Å². The Hall–Kier alpha value is -1.44. The highest BCUT2D eigenvalue weighted by molar-refractivity contribution is 5.97. The SMILES string of the molecule is C[C@@H]1CC[C@@]2(OC1)O[C@H]1C[C@H]3[C@@H]4CC=C5C[C@H](NC(=O)CC(=O)N6CCNCC6)CC[C@]5(C)[C@H]4CC[C@]3(C)[C@H]1[C@@H]2C. The van der Waals surface area contributed by atoms with Crippen LogP contribution in [0, 0.1) is 46.3 Å². The van der Waals surface area contributed by atoms with E-state index in [-0.39, 0.29) is 35.5 Å². The fourth-order valence-corrected chi connectivity index (χ4v) is 11.2. The Morgan fingerprint density at radius 1 is 1.07 bits per heavy atom. The van der Waals surface area contributed by atoms with Crippen molar-refractivity contribution in [2.75, 3.05) is 32.8 Å². The number of ether oxygens (including phenoxy) is 2. The van der Waals surface area contributed by atoms with Crippen LogP contribution in [-0.4, -0.2) is 67.4 Å². The van der Waals surface area contributed by atoms with Gasteiger partial charge in [0.2, 0.25) is 11.8 Å². The molecule has 11 atom stereocenters. The number of carbonyl (C=O) groups is 2. The van der Waals surface area contributed by atoms with Crippen molar-refractivity contribution in [3.63, 3.8) is 0 Å². The number of hydrogen-bond acceptors (Lipinski definition) is 5. The molecule has 228 valence electrons. The monoisotopic (exact) mass is 567 g/mol. The summed E-state index contributed by atoms with van der Waals surface area (Å²) in [7, 11) is 0. The second-order valence-electron chi connectivity index (χ2n) is 15.6. The number of allylic oxidation sites excluding steroid dienone is 1. The summed E-state index contributed by atoms with van der Waals surface area (Å²) < 4.78 is 13.5. The van der Waals surface area contributed by atoms with Gasteiger partial charge in [-0.25, -0.2) is 0 Å². The molecule has 7 aliphatic rings. The Morgan fingerprint density at radius 3 is 2.63 bits per heavy atom. The van der Waals surface area contributed by atoms with Gasteiger partial charge in [0.1, 0.15) is 6.42 Å². The molecule has 7 rings (SSSR count). The van der Waals surface area contributed by atoms with Gasteiger partial charge in [0.15, 0.2) is 5.79 Å². The number of carbonyl (C=O) groups excluding carboxylic acids is 2. The predicted molar refractivity (Wildman–Crippen MR) is 158 cm³/mol. The first-order valence-electron chi connectivity index (χ1n) is 16.9. The lowest BCUT2D eigenvalue weighted by Crippen LogP contribution is -2.53. The molecule has 7 nitrogen and oxygen atoms in total. The van der Waals surface area contributed by atoms with Crippen LogP contribution in [0.25, 0.3) is 0 Å². The Morgan fingerprint density at radius 2 is 1.88 bits per heavy atom. The van der Waals surface area contributed by atoms with Crippen LogP contribution in [0.15, 0.2) is 11.6 Å². The van der Waals surface area contributed by atoms with E-state index in [1.165, 1.54) is 32.1 Å². The molecule has 0 radical (unpaired) electrons. The van der Waals surface area contributed by atoms with E-state index in [0.717, 1.165) is 63.1 Å².